The van der Waals surface area contributed by atoms with E-state index in [0.29, 0.717) is 5.56 Å². The van der Waals surface area contributed by atoms with Crippen LogP contribution in [0.1, 0.15) is 22.8 Å². The molecule has 1 heterocycles. The van der Waals surface area contributed by atoms with E-state index in [1.807, 2.05) is 91.9 Å². The number of benzene rings is 4. The maximum absolute atomic E-state index is 13.2. The van der Waals surface area contributed by atoms with Gasteiger partial charge in [-0.1, -0.05) is 91.0 Å². The Kier molecular flexibility index (Phi) is 5.18. The van der Waals surface area contributed by atoms with E-state index < -0.39 is 0 Å². The molecule has 0 atom stereocenters. The van der Waals surface area contributed by atoms with Gasteiger partial charge < -0.3 is 0 Å². The summed E-state index contributed by atoms with van der Waals surface area (Å²) in [6.45, 7) is 1.90. The normalized spacial score (nSPS) is 11.6. The number of para-hydroxylation sites is 1. The second kappa shape index (κ2) is 8.44. The molecule has 0 radical (unpaired) electrons. The van der Waals surface area contributed by atoms with Crippen LogP contribution in [0, 0.1) is 0 Å². The van der Waals surface area contributed by atoms with E-state index in [9.17, 15) is 4.79 Å². The molecule has 0 unspecified atom stereocenters. The number of carbonyl (C=O) groups is 1. The van der Waals surface area contributed by atoms with Gasteiger partial charge in [0.25, 0.3) is 5.91 Å². The van der Waals surface area contributed by atoms with Crippen molar-refractivity contribution >= 4 is 33.3 Å². The van der Waals surface area contributed by atoms with Crippen LogP contribution >= 0.6 is 0 Å². The van der Waals surface area contributed by atoms with E-state index in [1.54, 1.807) is 0 Å². The average Bonchev–Trinajstić information content (AvgIpc) is 2.86. The van der Waals surface area contributed by atoms with E-state index in [-0.39, 0.29) is 5.91 Å². The first-order valence-corrected chi connectivity index (χ1v) is 10.5. The molecule has 32 heavy (non-hydrogen) atoms. The highest BCUT2D eigenvalue weighted by Crippen LogP contribution is 2.25. The zero-order valence-corrected chi connectivity index (χ0v) is 17.6. The number of hydrogen-bond acceptors (Lipinski definition) is 3. The Labute approximate surface area is 186 Å². The lowest BCUT2D eigenvalue weighted by molar-refractivity contribution is 0.0956. The molecule has 0 aliphatic heterocycles. The number of carbonyl (C=O) groups excluding carboxylic acids is 1. The van der Waals surface area contributed by atoms with Gasteiger partial charge in [0, 0.05) is 16.5 Å². The highest BCUT2D eigenvalue weighted by Gasteiger charge is 2.14. The van der Waals surface area contributed by atoms with Crippen molar-refractivity contribution in [2.45, 2.75) is 6.92 Å². The quantitative estimate of drug-likeness (QED) is 0.280. The number of hydrogen-bond donors (Lipinski definition) is 1. The van der Waals surface area contributed by atoms with Gasteiger partial charge in [-0.3, -0.25) is 4.79 Å². The molecule has 5 aromatic rings. The predicted molar refractivity (Wildman–Crippen MR) is 131 cm³/mol. The third-order valence-electron chi connectivity index (χ3n) is 5.53. The summed E-state index contributed by atoms with van der Waals surface area (Å²) in [6.07, 6.45) is 0. The summed E-state index contributed by atoms with van der Waals surface area (Å²) in [4.78, 5) is 17.9. The van der Waals surface area contributed by atoms with Crippen molar-refractivity contribution in [2.24, 2.45) is 5.10 Å². The van der Waals surface area contributed by atoms with Gasteiger partial charge in [-0.2, -0.15) is 5.10 Å². The maximum atomic E-state index is 13.2. The molecule has 4 nitrogen and oxygen atoms in total. The van der Waals surface area contributed by atoms with Crippen LogP contribution < -0.4 is 5.43 Å². The van der Waals surface area contributed by atoms with E-state index in [0.717, 1.165) is 44.2 Å². The Morgan fingerprint density at radius 1 is 0.750 bits per heavy atom. The Morgan fingerprint density at radius 2 is 1.44 bits per heavy atom. The van der Waals surface area contributed by atoms with E-state index in [1.165, 1.54) is 0 Å². The Morgan fingerprint density at radius 3 is 2.28 bits per heavy atom. The van der Waals surface area contributed by atoms with Crippen molar-refractivity contribution in [3.63, 3.8) is 0 Å². The molecule has 154 valence electrons. The summed E-state index contributed by atoms with van der Waals surface area (Å²) < 4.78 is 0. The molecule has 0 fully saturated rings. The number of nitrogens with one attached hydrogen (secondary N) is 1. The predicted octanol–water partition coefficient (Wildman–Crippen LogP) is 6.21. The molecular formula is C28H21N3O. The van der Waals surface area contributed by atoms with E-state index >= 15 is 0 Å². The highest BCUT2D eigenvalue weighted by molar-refractivity contribution is 6.11. The molecule has 5 rings (SSSR count). The monoisotopic (exact) mass is 415 g/mol. The van der Waals surface area contributed by atoms with Gasteiger partial charge in [-0.15, -0.1) is 0 Å². The molecule has 0 saturated carbocycles. The average molecular weight is 415 g/mol. The summed E-state index contributed by atoms with van der Waals surface area (Å²) in [7, 11) is 0. The third-order valence-corrected chi connectivity index (χ3v) is 5.53. The van der Waals surface area contributed by atoms with Crippen LogP contribution in [0.4, 0.5) is 0 Å². The lowest BCUT2D eigenvalue weighted by atomic mass is 10.0. The molecule has 0 aliphatic carbocycles. The molecule has 1 amide bonds. The fourth-order valence-electron chi connectivity index (χ4n) is 3.92. The first kappa shape index (κ1) is 19.6. The molecule has 1 aromatic heterocycles. The number of hydrazone groups is 1. The highest BCUT2D eigenvalue weighted by atomic mass is 16.2. The van der Waals surface area contributed by atoms with Crippen LogP contribution in [0.2, 0.25) is 0 Å². The van der Waals surface area contributed by atoms with Crippen LogP contribution in [0.25, 0.3) is 32.9 Å². The fraction of sp³-hybridized carbons (Fsp3) is 0.0357. The van der Waals surface area contributed by atoms with Gasteiger partial charge in [0.2, 0.25) is 0 Å². The Bertz CT molecular complexity index is 1470. The Balaban J connectivity index is 1.52. The standard InChI is InChI=1S/C28H21N3O/c1-19(22-16-9-13-20-10-5-6-14-23(20)22)30-31-28(32)25-18-27(21-11-3-2-4-12-21)29-26-17-8-7-15-24(25)26/h2-18H,1H3,(H,31,32)/b30-19-. The largest absolute Gasteiger partial charge is 0.272 e. The first-order chi connectivity index (χ1) is 15.7. The summed E-state index contributed by atoms with van der Waals surface area (Å²) in [5.74, 6) is -0.264. The van der Waals surface area contributed by atoms with Gasteiger partial charge in [-0.25, -0.2) is 10.4 Å². The fourth-order valence-corrected chi connectivity index (χ4v) is 3.92. The molecule has 0 spiro atoms. The van der Waals surface area contributed by atoms with Crippen molar-refractivity contribution in [1.29, 1.82) is 0 Å². The second-order valence-electron chi connectivity index (χ2n) is 7.60. The van der Waals surface area contributed by atoms with Gasteiger partial charge in [0.15, 0.2) is 0 Å². The molecule has 4 aromatic carbocycles. The summed E-state index contributed by atoms with van der Waals surface area (Å²) in [5, 5.41) is 7.46. The van der Waals surface area contributed by atoms with Crippen molar-refractivity contribution in [3.05, 3.63) is 114 Å². The van der Waals surface area contributed by atoms with Crippen molar-refractivity contribution in [2.75, 3.05) is 0 Å². The maximum Gasteiger partial charge on any atom is 0.272 e. The van der Waals surface area contributed by atoms with Crippen molar-refractivity contribution < 1.29 is 4.79 Å². The van der Waals surface area contributed by atoms with Crippen LogP contribution in [-0.4, -0.2) is 16.6 Å². The van der Waals surface area contributed by atoms with E-state index in [2.05, 4.69) is 28.7 Å². The van der Waals surface area contributed by atoms with Gasteiger partial charge in [-0.05, 0) is 29.8 Å². The number of amides is 1. The second-order valence-corrected chi connectivity index (χ2v) is 7.60. The number of nitrogens with zero attached hydrogens (tertiary/aromatic N) is 2. The molecule has 0 saturated heterocycles. The van der Waals surface area contributed by atoms with Gasteiger partial charge in [0.1, 0.15) is 0 Å². The number of fused-ring (bicyclic) bond motifs is 2. The number of aromatic nitrogens is 1. The van der Waals surface area contributed by atoms with Gasteiger partial charge >= 0.3 is 0 Å². The number of rotatable bonds is 4. The van der Waals surface area contributed by atoms with E-state index in [4.69, 9.17) is 4.98 Å². The van der Waals surface area contributed by atoms with Crippen LogP contribution in [-0.2, 0) is 0 Å². The van der Waals surface area contributed by atoms with Gasteiger partial charge in [0.05, 0.1) is 22.5 Å². The minimum atomic E-state index is -0.264. The van der Waals surface area contributed by atoms with Crippen molar-refractivity contribution in [3.8, 4) is 11.3 Å². The lowest BCUT2D eigenvalue weighted by Gasteiger charge is -2.10. The molecule has 0 aliphatic rings. The van der Waals surface area contributed by atoms with Crippen LogP contribution in [0.5, 0.6) is 0 Å². The Hall–Kier alpha value is -4.31. The summed E-state index contributed by atoms with van der Waals surface area (Å²) in [5.41, 5.74) is 7.53. The third kappa shape index (κ3) is 3.74. The van der Waals surface area contributed by atoms with Crippen molar-refractivity contribution in [1.82, 2.24) is 10.4 Å². The minimum absolute atomic E-state index is 0.264. The summed E-state index contributed by atoms with van der Waals surface area (Å²) >= 11 is 0. The zero-order chi connectivity index (χ0) is 21.9. The smallest absolute Gasteiger partial charge is 0.267 e. The molecular weight excluding hydrogens is 394 g/mol. The topological polar surface area (TPSA) is 54.4 Å². The molecule has 1 N–H and O–H groups in total. The first-order valence-electron chi connectivity index (χ1n) is 10.5. The SMILES string of the molecule is C/C(=N/NC(=O)c1cc(-c2ccccc2)nc2ccccc12)c1cccc2ccccc12. The summed E-state index contributed by atoms with van der Waals surface area (Å²) in [6, 6.07) is 33.6. The molecule has 4 heteroatoms. The minimum Gasteiger partial charge on any atom is -0.267 e. The van der Waals surface area contributed by atoms with Crippen LogP contribution in [0.15, 0.2) is 108 Å². The zero-order valence-electron chi connectivity index (χ0n) is 17.6. The lowest BCUT2D eigenvalue weighted by Crippen LogP contribution is -2.20. The number of pyridine rings is 1. The molecule has 0 bridgehead atoms. The van der Waals surface area contributed by atoms with Crippen LogP contribution in [0.3, 0.4) is 0 Å².